The van der Waals surface area contributed by atoms with Crippen LogP contribution in [0.4, 0.5) is 5.69 Å². The van der Waals surface area contributed by atoms with Crippen LogP contribution in [0, 0.1) is 6.54 Å². The Morgan fingerprint density at radius 2 is 2.27 bits per heavy atom. The average molecular weight is 211 g/mol. The molecule has 0 unspecified atom stereocenters. The van der Waals surface area contributed by atoms with Crippen LogP contribution >= 0.6 is 15.9 Å². The lowest BCUT2D eigenvalue weighted by molar-refractivity contribution is 0.908. The van der Waals surface area contributed by atoms with E-state index in [4.69, 9.17) is 0 Å². The standard InChI is InChI=1S/C9H9BrN/c10-8-4-3-7-2-1-5-11-9(7)6-8/h3-6,11H,1-2H2. The molecular weight excluding hydrogens is 202 g/mol. The Morgan fingerprint density at radius 1 is 1.36 bits per heavy atom. The minimum absolute atomic E-state index is 1.13. The minimum atomic E-state index is 1.13. The van der Waals surface area contributed by atoms with Crippen molar-refractivity contribution >= 4 is 21.6 Å². The lowest BCUT2D eigenvalue weighted by atomic mass is 10.0. The fourth-order valence-corrected chi connectivity index (χ4v) is 1.67. The van der Waals surface area contributed by atoms with Gasteiger partial charge in [-0.2, -0.15) is 0 Å². The molecule has 1 heterocycles. The zero-order valence-electron chi connectivity index (χ0n) is 6.10. The Labute approximate surface area is 74.9 Å². The van der Waals surface area contributed by atoms with Crippen LogP contribution < -0.4 is 5.32 Å². The lowest BCUT2D eigenvalue weighted by Crippen LogP contribution is -2.06. The van der Waals surface area contributed by atoms with E-state index >= 15 is 0 Å². The molecule has 57 valence electrons. The third-order valence-corrected chi connectivity index (χ3v) is 2.38. The molecule has 0 aliphatic carbocycles. The van der Waals surface area contributed by atoms with Gasteiger partial charge in [-0.15, -0.1) is 0 Å². The first kappa shape index (κ1) is 7.17. The van der Waals surface area contributed by atoms with Crippen molar-refractivity contribution in [3.8, 4) is 0 Å². The van der Waals surface area contributed by atoms with Crippen molar-refractivity contribution in [3.63, 3.8) is 0 Å². The lowest BCUT2D eigenvalue weighted by Gasteiger charge is -2.16. The number of halogens is 1. The highest BCUT2D eigenvalue weighted by Crippen LogP contribution is 2.26. The Balaban J connectivity index is 2.43. The van der Waals surface area contributed by atoms with Crippen molar-refractivity contribution in [2.45, 2.75) is 12.8 Å². The molecule has 1 N–H and O–H groups in total. The molecule has 0 saturated carbocycles. The molecule has 2 rings (SSSR count). The number of hydrogen-bond donors (Lipinski definition) is 1. The van der Waals surface area contributed by atoms with Crippen LogP contribution in [-0.4, -0.2) is 0 Å². The Kier molecular flexibility index (Phi) is 1.86. The van der Waals surface area contributed by atoms with E-state index < -0.39 is 0 Å². The summed E-state index contributed by atoms with van der Waals surface area (Å²) >= 11 is 3.44. The molecule has 1 aliphatic heterocycles. The molecule has 1 aromatic carbocycles. The van der Waals surface area contributed by atoms with Crippen molar-refractivity contribution in [2.75, 3.05) is 5.32 Å². The number of benzene rings is 1. The van der Waals surface area contributed by atoms with Crippen LogP contribution in [0.3, 0.4) is 0 Å². The van der Waals surface area contributed by atoms with Gasteiger partial charge >= 0.3 is 0 Å². The molecule has 0 amide bonds. The topological polar surface area (TPSA) is 12.0 Å². The quantitative estimate of drug-likeness (QED) is 0.695. The predicted molar refractivity (Wildman–Crippen MR) is 50.4 cm³/mol. The summed E-state index contributed by atoms with van der Waals surface area (Å²) < 4.78 is 1.14. The zero-order chi connectivity index (χ0) is 7.68. The smallest absolute Gasteiger partial charge is 0.0466 e. The summed E-state index contributed by atoms with van der Waals surface area (Å²) in [5.74, 6) is 0. The van der Waals surface area contributed by atoms with Gasteiger partial charge in [0.2, 0.25) is 0 Å². The first-order chi connectivity index (χ1) is 5.36. The van der Waals surface area contributed by atoms with E-state index in [9.17, 15) is 0 Å². The van der Waals surface area contributed by atoms with Gasteiger partial charge in [-0.05, 0) is 30.5 Å². The number of anilines is 1. The maximum atomic E-state index is 3.44. The average Bonchev–Trinajstić information content (AvgIpc) is 2.04. The molecule has 0 atom stereocenters. The minimum Gasteiger partial charge on any atom is -0.380 e. The summed E-state index contributed by atoms with van der Waals surface area (Å²) in [6, 6.07) is 6.37. The highest BCUT2D eigenvalue weighted by molar-refractivity contribution is 9.10. The van der Waals surface area contributed by atoms with Gasteiger partial charge in [0.25, 0.3) is 0 Å². The second-order valence-electron chi connectivity index (χ2n) is 2.69. The third kappa shape index (κ3) is 1.41. The Morgan fingerprint density at radius 3 is 3.18 bits per heavy atom. The van der Waals surface area contributed by atoms with Gasteiger partial charge in [-0.3, -0.25) is 0 Å². The van der Waals surface area contributed by atoms with Crippen molar-refractivity contribution in [3.05, 3.63) is 34.8 Å². The molecule has 11 heavy (non-hydrogen) atoms. The summed E-state index contributed by atoms with van der Waals surface area (Å²) in [6.07, 6.45) is 2.30. The molecule has 0 fully saturated rings. The van der Waals surface area contributed by atoms with Crippen molar-refractivity contribution in [1.29, 1.82) is 0 Å². The fraction of sp³-hybridized carbons (Fsp3) is 0.222. The molecule has 0 saturated heterocycles. The SMILES string of the molecule is Brc1ccc2c(c1)N[CH]CC2. The Hall–Kier alpha value is -0.500. The van der Waals surface area contributed by atoms with Crippen molar-refractivity contribution < 1.29 is 0 Å². The van der Waals surface area contributed by atoms with E-state index in [0.717, 1.165) is 17.3 Å². The number of nitrogens with one attached hydrogen (secondary N) is 1. The number of hydrogen-bond acceptors (Lipinski definition) is 1. The second kappa shape index (κ2) is 2.86. The van der Waals surface area contributed by atoms with Gasteiger partial charge < -0.3 is 5.32 Å². The van der Waals surface area contributed by atoms with Crippen molar-refractivity contribution in [1.82, 2.24) is 0 Å². The second-order valence-corrected chi connectivity index (χ2v) is 3.60. The van der Waals surface area contributed by atoms with Crippen LogP contribution in [0.25, 0.3) is 0 Å². The predicted octanol–water partition coefficient (Wildman–Crippen LogP) is 2.97. The van der Waals surface area contributed by atoms with Crippen LogP contribution in [0.1, 0.15) is 12.0 Å². The van der Waals surface area contributed by atoms with E-state index in [2.05, 4.69) is 46.0 Å². The summed E-state index contributed by atoms with van der Waals surface area (Å²) in [7, 11) is 0. The number of aryl methyl sites for hydroxylation is 1. The maximum absolute atomic E-state index is 3.44. The fourth-order valence-electron chi connectivity index (χ4n) is 1.31. The van der Waals surface area contributed by atoms with Gasteiger partial charge in [0.05, 0.1) is 0 Å². The van der Waals surface area contributed by atoms with Crippen LogP contribution in [-0.2, 0) is 6.42 Å². The summed E-state index contributed by atoms with van der Waals surface area (Å²) in [4.78, 5) is 0. The van der Waals surface area contributed by atoms with Crippen molar-refractivity contribution in [2.24, 2.45) is 0 Å². The van der Waals surface area contributed by atoms with Crippen LogP contribution in [0.15, 0.2) is 22.7 Å². The normalized spacial score (nSPS) is 15.4. The molecular formula is C9H9BrN. The summed E-state index contributed by atoms with van der Waals surface area (Å²) in [5, 5.41) is 3.25. The highest BCUT2D eigenvalue weighted by Gasteiger charge is 2.07. The molecule has 1 radical (unpaired) electrons. The first-order valence-electron chi connectivity index (χ1n) is 3.73. The van der Waals surface area contributed by atoms with Gasteiger partial charge in [0.15, 0.2) is 0 Å². The summed E-state index contributed by atoms with van der Waals surface area (Å²) in [6.45, 7) is 2.11. The van der Waals surface area contributed by atoms with Gasteiger partial charge in [-0.1, -0.05) is 22.0 Å². The van der Waals surface area contributed by atoms with E-state index in [-0.39, 0.29) is 0 Å². The van der Waals surface area contributed by atoms with Crippen LogP contribution in [0.5, 0.6) is 0 Å². The molecule has 0 aromatic heterocycles. The van der Waals surface area contributed by atoms with Gasteiger partial charge in [0.1, 0.15) is 0 Å². The largest absolute Gasteiger partial charge is 0.380 e. The molecule has 1 nitrogen and oxygen atoms in total. The molecule has 2 heteroatoms. The molecule has 0 bridgehead atoms. The highest BCUT2D eigenvalue weighted by atomic mass is 79.9. The van der Waals surface area contributed by atoms with E-state index in [1.807, 2.05) is 0 Å². The summed E-state index contributed by atoms with van der Waals surface area (Å²) in [5.41, 5.74) is 2.65. The van der Waals surface area contributed by atoms with E-state index in [1.165, 1.54) is 11.3 Å². The monoisotopic (exact) mass is 210 g/mol. The van der Waals surface area contributed by atoms with Crippen LogP contribution in [0.2, 0.25) is 0 Å². The number of rotatable bonds is 0. The van der Waals surface area contributed by atoms with E-state index in [1.54, 1.807) is 0 Å². The molecule has 1 aromatic rings. The van der Waals surface area contributed by atoms with Gasteiger partial charge in [0, 0.05) is 16.7 Å². The number of fused-ring (bicyclic) bond motifs is 1. The zero-order valence-corrected chi connectivity index (χ0v) is 7.69. The molecule has 1 aliphatic rings. The maximum Gasteiger partial charge on any atom is 0.0466 e. The third-order valence-electron chi connectivity index (χ3n) is 1.89. The first-order valence-corrected chi connectivity index (χ1v) is 4.52. The molecule has 0 spiro atoms. The van der Waals surface area contributed by atoms with Gasteiger partial charge in [-0.25, -0.2) is 0 Å². The van der Waals surface area contributed by atoms with E-state index in [0.29, 0.717) is 0 Å². The Bertz CT molecular complexity index is 270.